The quantitative estimate of drug-likeness (QED) is 0.735. The number of hydrogen-bond donors (Lipinski definition) is 1. The summed E-state index contributed by atoms with van der Waals surface area (Å²) in [6, 6.07) is 0. The first-order valence-electron chi connectivity index (χ1n) is 3.82. The summed E-state index contributed by atoms with van der Waals surface area (Å²) in [6.45, 7) is 1.16. The highest BCUT2D eigenvalue weighted by Crippen LogP contribution is 2.32. The van der Waals surface area contributed by atoms with Crippen LogP contribution in [-0.2, 0) is 6.18 Å². The first-order chi connectivity index (χ1) is 6.75. The molecule has 0 aliphatic heterocycles. The number of nitrogens with one attached hydrogen (secondary N) is 1. The number of aryl methyl sites for hydroxylation is 1. The van der Waals surface area contributed by atoms with Crippen LogP contribution in [0.2, 0.25) is 0 Å². The van der Waals surface area contributed by atoms with E-state index in [0.717, 1.165) is 13.1 Å². The molecule has 0 aromatic carbocycles. The Bertz CT molecular complexity index is 420. The van der Waals surface area contributed by atoms with E-state index in [1.54, 1.807) is 4.98 Å². The van der Waals surface area contributed by atoms with E-state index >= 15 is 0 Å². The minimum absolute atomic E-state index is 0.182. The first-order valence-corrected chi connectivity index (χ1v) is 3.82. The van der Waals surface area contributed by atoms with Gasteiger partial charge in [0.25, 0.3) is 6.43 Å². The number of aromatic amines is 1. The molecule has 0 aliphatic carbocycles. The minimum Gasteiger partial charge on any atom is -0.357 e. The fourth-order valence-corrected chi connectivity index (χ4v) is 1.09. The average Bonchev–Trinajstić information content (AvgIpc) is 2.06. The number of aromatic nitrogens is 1. The molecule has 0 bridgehead atoms. The third kappa shape index (κ3) is 2.16. The predicted molar refractivity (Wildman–Crippen MR) is 41.8 cm³/mol. The van der Waals surface area contributed by atoms with Crippen molar-refractivity contribution in [3.8, 4) is 0 Å². The molecule has 1 aromatic heterocycles. The van der Waals surface area contributed by atoms with Crippen LogP contribution < -0.4 is 5.43 Å². The van der Waals surface area contributed by atoms with Crippen LogP contribution in [0, 0.1) is 6.92 Å². The largest absolute Gasteiger partial charge is 0.431 e. The van der Waals surface area contributed by atoms with Gasteiger partial charge in [-0.15, -0.1) is 0 Å². The molecule has 2 nitrogen and oxygen atoms in total. The topological polar surface area (TPSA) is 32.9 Å². The zero-order valence-electron chi connectivity index (χ0n) is 7.45. The molecule has 0 saturated heterocycles. The lowest BCUT2D eigenvalue weighted by Gasteiger charge is -2.11. The van der Waals surface area contributed by atoms with Crippen molar-refractivity contribution in [2.45, 2.75) is 19.5 Å². The second kappa shape index (κ2) is 3.63. The Hall–Kier alpha value is -1.40. The number of halogens is 5. The van der Waals surface area contributed by atoms with Crippen LogP contribution in [0.5, 0.6) is 0 Å². The smallest absolute Gasteiger partial charge is 0.357 e. The predicted octanol–water partition coefficient (Wildman–Crippen LogP) is 2.64. The van der Waals surface area contributed by atoms with Crippen LogP contribution in [0.25, 0.3) is 0 Å². The summed E-state index contributed by atoms with van der Waals surface area (Å²) in [5.41, 5.74) is -4.68. The van der Waals surface area contributed by atoms with Gasteiger partial charge in [-0.1, -0.05) is 0 Å². The van der Waals surface area contributed by atoms with Crippen molar-refractivity contribution >= 4 is 0 Å². The van der Waals surface area contributed by atoms with E-state index in [0.29, 0.717) is 0 Å². The molecule has 0 aliphatic rings. The summed E-state index contributed by atoms with van der Waals surface area (Å²) in [5, 5.41) is 0. The second-order valence-electron chi connectivity index (χ2n) is 2.89. The average molecular weight is 227 g/mol. The van der Waals surface area contributed by atoms with Gasteiger partial charge in [0.15, 0.2) is 5.43 Å². The molecule has 1 aromatic rings. The Morgan fingerprint density at radius 3 is 2.27 bits per heavy atom. The van der Waals surface area contributed by atoms with Crippen LogP contribution in [0.4, 0.5) is 22.0 Å². The number of H-pyrrole nitrogens is 1. The summed E-state index contributed by atoms with van der Waals surface area (Å²) in [4.78, 5) is 12.7. The molecule has 0 saturated carbocycles. The lowest BCUT2D eigenvalue weighted by atomic mass is 10.1. The van der Waals surface area contributed by atoms with Gasteiger partial charge in [0.2, 0.25) is 0 Å². The SMILES string of the molecule is Cc1c[nH]c(C(F)(F)F)c(C(F)F)c1=O. The zero-order valence-corrected chi connectivity index (χ0v) is 7.45. The molecular weight excluding hydrogens is 221 g/mol. The monoisotopic (exact) mass is 227 g/mol. The van der Waals surface area contributed by atoms with E-state index in [-0.39, 0.29) is 5.56 Å². The van der Waals surface area contributed by atoms with Crippen molar-refractivity contribution in [2.75, 3.05) is 0 Å². The van der Waals surface area contributed by atoms with E-state index in [4.69, 9.17) is 0 Å². The number of pyridine rings is 1. The summed E-state index contributed by atoms with van der Waals surface area (Å²) < 4.78 is 61.2. The van der Waals surface area contributed by atoms with Crippen LogP contribution in [0.1, 0.15) is 23.2 Å². The maximum atomic E-state index is 12.3. The van der Waals surface area contributed by atoms with E-state index in [9.17, 15) is 26.7 Å². The molecule has 0 atom stereocenters. The Morgan fingerprint density at radius 2 is 1.87 bits per heavy atom. The molecule has 1 rings (SSSR count). The van der Waals surface area contributed by atoms with Crippen molar-refractivity contribution < 1.29 is 22.0 Å². The van der Waals surface area contributed by atoms with Crippen molar-refractivity contribution in [1.29, 1.82) is 0 Å². The lowest BCUT2D eigenvalue weighted by Crippen LogP contribution is -2.22. The molecule has 0 amide bonds. The van der Waals surface area contributed by atoms with Gasteiger partial charge >= 0.3 is 6.18 Å². The van der Waals surface area contributed by atoms with Gasteiger partial charge in [-0.25, -0.2) is 8.78 Å². The summed E-state index contributed by atoms with van der Waals surface area (Å²) in [5.74, 6) is 0. The van der Waals surface area contributed by atoms with Crippen LogP contribution >= 0.6 is 0 Å². The Labute approximate surface area is 80.7 Å². The molecule has 1 heterocycles. The summed E-state index contributed by atoms with van der Waals surface area (Å²) in [7, 11) is 0. The molecular formula is C8H6F5NO. The molecule has 0 spiro atoms. The van der Waals surface area contributed by atoms with Crippen molar-refractivity contribution in [3.05, 3.63) is 33.2 Å². The number of alkyl halides is 5. The fraction of sp³-hybridized carbons (Fsp3) is 0.375. The third-order valence-corrected chi connectivity index (χ3v) is 1.81. The summed E-state index contributed by atoms with van der Waals surface area (Å²) >= 11 is 0. The zero-order chi connectivity index (χ0) is 11.8. The summed E-state index contributed by atoms with van der Waals surface area (Å²) in [6.07, 6.45) is -7.68. The molecule has 0 unspecified atom stereocenters. The maximum absolute atomic E-state index is 12.3. The van der Waals surface area contributed by atoms with Crippen LogP contribution in [-0.4, -0.2) is 4.98 Å². The van der Waals surface area contributed by atoms with Crippen molar-refractivity contribution in [1.82, 2.24) is 4.98 Å². The van der Waals surface area contributed by atoms with E-state index < -0.39 is 29.3 Å². The van der Waals surface area contributed by atoms with Gasteiger partial charge in [0.1, 0.15) is 5.69 Å². The van der Waals surface area contributed by atoms with E-state index in [1.165, 1.54) is 0 Å². The maximum Gasteiger partial charge on any atom is 0.431 e. The van der Waals surface area contributed by atoms with Gasteiger partial charge in [-0.2, -0.15) is 13.2 Å². The highest BCUT2D eigenvalue weighted by molar-refractivity contribution is 5.27. The first kappa shape index (κ1) is 11.7. The van der Waals surface area contributed by atoms with E-state index in [2.05, 4.69) is 0 Å². The number of rotatable bonds is 1. The van der Waals surface area contributed by atoms with Gasteiger partial charge in [-0.05, 0) is 6.92 Å². The normalized spacial score (nSPS) is 12.2. The van der Waals surface area contributed by atoms with Crippen molar-refractivity contribution in [3.63, 3.8) is 0 Å². The number of hydrogen-bond acceptors (Lipinski definition) is 1. The van der Waals surface area contributed by atoms with Gasteiger partial charge in [0, 0.05) is 11.8 Å². The molecule has 15 heavy (non-hydrogen) atoms. The van der Waals surface area contributed by atoms with Crippen LogP contribution in [0.3, 0.4) is 0 Å². The molecule has 7 heteroatoms. The molecule has 1 N–H and O–H groups in total. The standard InChI is InChI=1S/C8H6F5NO/c1-3-2-14-6(8(11,12)13)4(5(3)15)7(9)10/h2,7H,1H3,(H,14,15). The van der Waals surface area contributed by atoms with Crippen molar-refractivity contribution in [2.24, 2.45) is 0 Å². The Balaban J connectivity index is 3.55. The molecule has 84 valence electrons. The van der Waals surface area contributed by atoms with Gasteiger partial charge in [-0.3, -0.25) is 4.79 Å². The van der Waals surface area contributed by atoms with Gasteiger partial charge in [0.05, 0.1) is 5.56 Å². The Morgan fingerprint density at radius 1 is 1.33 bits per heavy atom. The highest BCUT2D eigenvalue weighted by Gasteiger charge is 2.38. The van der Waals surface area contributed by atoms with Gasteiger partial charge < -0.3 is 4.98 Å². The molecule has 0 fully saturated rings. The second-order valence-corrected chi connectivity index (χ2v) is 2.89. The van der Waals surface area contributed by atoms with E-state index in [1.807, 2.05) is 0 Å². The van der Waals surface area contributed by atoms with Crippen LogP contribution in [0.15, 0.2) is 11.0 Å². The lowest BCUT2D eigenvalue weighted by molar-refractivity contribution is -0.143. The minimum atomic E-state index is -4.99. The Kier molecular flexibility index (Phi) is 2.83. The third-order valence-electron chi connectivity index (χ3n) is 1.81. The fourth-order valence-electron chi connectivity index (χ4n) is 1.09. The highest BCUT2D eigenvalue weighted by atomic mass is 19.4. The molecule has 0 radical (unpaired) electrons.